The normalized spacial score (nSPS) is 17.6. The predicted molar refractivity (Wildman–Crippen MR) is 122 cm³/mol. The van der Waals surface area contributed by atoms with Crippen molar-refractivity contribution in [3.05, 3.63) is 24.3 Å². The van der Waals surface area contributed by atoms with Gasteiger partial charge in [-0.3, -0.25) is 14.5 Å². The maximum absolute atomic E-state index is 13.4. The molecule has 0 saturated heterocycles. The van der Waals surface area contributed by atoms with Crippen molar-refractivity contribution in [3.63, 3.8) is 0 Å². The van der Waals surface area contributed by atoms with Crippen molar-refractivity contribution in [1.29, 1.82) is 0 Å². The van der Waals surface area contributed by atoms with Crippen molar-refractivity contribution in [1.82, 2.24) is 10.6 Å². The quantitative estimate of drug-likeness (QED) is 0.488. The van der Waals surface area contributed by atoms with Crippen LogP contribution >= 0.6 is 0 Å². The minimum Gasteiger partial charge on any atom is -0.480 e. The van der Waals surface area contributed by atoms with E-state index >= 15 is 0 Å². The number of aliphatic carboxylic acids is 1. The van der Waals surface area contributed by atoms with E-state index in [1.165, 1.54) is 4.90 Å². The van der Waals surface area contributed by atoms with Crippen LogP contribution in [-0.2, 0) is 14.4 Å². The van der Waals surface area contributed by atoms with Gasteiger partial charge in [-0.05, 0) is 36.3 Å². The average molecular weight is 447 g/mol. The van der Waals surface area contributed by atoms with Crippen LogP contribution in [0.15, 0.2) is 24.3 Å². The first kappa shape index (κ1) is 25.2. The summed E-state index contributed by atoms with van der Waals surface area (Å²) in [4.78, 5) is 52.0. The topological polar surface area (TPSA) is 128 Å². The van der Waals surface area contributed by atoms with E-state index in [4.69, 9.17) is 0 Å². The molecule has 32 heavy (non-hydrogen) atoms. The molecule has 0 fully saturated rings. The lowest BCUT2D eigenvalue weighted by Gasteiger charge is -2.39. The molecule has 1 heterocycles. The minimum absolute atomic E-state index is 0.0613. The average Bonchev–Trinajstić information content (AvgIpc) is 2.68. The summed E-state index contributed by atoms with van der Waals surface area (Å²) < 4.78 is 0. The highest BCUT2D eigenvalue weighted by Gasteiger charge is 2.40. The monoisotopic (exact) mass is 446 g/mol. The first-order chi connectivity index (χ1) is 14.9. The maximum Gasteiger partial charge on any atom is 0.326 e. The molecule has 176 valence electrons. The van der Waals surface area contributed by atoms with Gasteiger partial charge in [0.15, 0.2) is 0 Å². The Labute approximate surface area is 188 Å². The lowest BCUT2D eigenvalue weighted by atomic mass is 9.97. The van der Waals surface area contributed by atoms with E-state index in [-0.39, 0.29) is 23.7 Å². The molecule has 1 aliphatic heterocycles. The van der Waals surface area contributed by atoms with E-state index in [1.807, 2.05) is 27.7 Å². The Morgan fingerprint density at radius 1 is 1.06 bits per heavy atom. The minimum atomic E-state index is -1.13. The number of hydrogen-bond acceptors (Lipinski definition) is 4. The third-order valence-electron chi connectivity index (χ3n) is 5.37. The Hall–Kier alpha value is -3.10. The van der Waals surface area contributed by atoms with Gasteiger partial charge < -0.3 is 21.1 Å². The number of rotatable bonds is 8. The summed E-state index contributed by atoms with van der Waals surface area (Å²) in [5.41, 5.74) is 1.05. The Bertz CT molecular complexity index is 868. The molecule has 3 atom stereocenters. The molecule has 4 N–H and O–H groups in total. The summed E-state index contributed by atoms with van der Waals surface area (Å²) in [6, 6.07) is 3.62. The fourth-order valence-corrected chi connectivity index (χ4v) is 3.79. The van der Waals surface area contributed by atoms with E-state index in [9.17, 15) is 24.3 Å². The summed E-state index contributed by atoms with van der Waals surface area (Å²) in [5.74, 6) is -2.44. The van der Waals surface area contributed by atoms with E-state index in [0.29, 0.717) is 17.8 Å². The summed E-state index contributed by atoms with van der Waals surface area (Å²) in [7, 11) is 0. The Morgan fingerprint density at radius 2 is 1.69 bits per heavy atom. The second-order valence-electron chi connectivity index (χ2n) is 9.27. The molecular weight excluding hydrogens is 412 g/mol. The third-order valence-corrected chi connectivity index (χ3v) is 5.37. The summed E-state index contributed by atoms with van der Waals surface area (Å²) in [5, 5.41) is 17.5. The Balaban J connectivity index is 2.34. The largest absolute Gasteiger partial charge is 0.480 e. The van der Waals surface area contributed by atoms with Gasteiger partial charge in [0.1, 0.15) is 18.1 Å². The van der Waals surface area contributed by atoms with Crippen molar-refractivity contribution in [3.8, 4) is 0 Å². The van der Waals surface area contributed by atoms with Crippen molar-refractivity contribution in [2.24, 2.45) is 17.8 Å². The van der Waals surface area contributed by atoms with Gasteiger partial charge in [-0.25, -0.2) is 9.59 Å². The zero-order valence-electron chi connectivity index (χ0n) is 19.5. The highest BCUT2D eigenvalue weighted by molar-refractivity contribution is 6.12. The number of anilines is 2. The molecule has 0 aliphatic carbocycles. The molecule has 1 aliphatic rings. The SMILES string of the molecule is CC(C)C[C@H](NC(=O)N1c2ccccc2NC(=O)[C@H]1C(C)C)C(=O)N[C@H](C(=O)O)C(C)C. The number of carbonyl (C=O) groups excluding carboxylic acids is 3. The molecule has 2 rings (SSSR count). The number of nitrogens with zero attached hydrogens (tertiary/aromatic N) is 1. The molecule has 1 aromatic carbocycles. The van der Waals surface area contributed by atoms with Crippen molar-refractivity contribution < 1.29 is 24.3 Å². The lowest BCUT2D eigenvalue weighted by molar-refractivity contribution is -0.143. The number of carboxylic acids is 1. The van der Waals surface area contributed by atoms with Gasteiger partial charge in [0, 0.05) is 0 Å². The summed E-state index contributed by atoms with van der Waals surface area (Å²) in [6.45, 7) is 10.9. The van der Waals surface area contributed by atoms with E-state index in [0.717, 1.165) is 0 Å². The van der Waals surface area contributed by atoms with Gasteiger partial charge in [0.2, 0.25) is 11.8 Å². The number of fused-ring (bicyclic) bond motifs is 1. The molecule has 9 heteroatoms. The highest BCUT2D eigenvalue weighted by Crippen LogP contribution is 2.34. The predicted octanol–water partition coefficient (Wildman–Crippen LogP) is 2.82. The molecule has 9 nitrogen and oxygen atoms in total. The van der Waals surface area contributed by atoms with Crippen LogP contribution < -0.4 is 20.9 Å². The fraction of sp³-hybridized carbons (Fsp3) is 0.565. The van der Waals surface area contributed by atoms with Gasteiger partial charge in [-0.1, -0.05) is 53.7 Å². The number of carbonyl (C=O) groups is 4. The van der Waals surface area contributed by atoms with Crippen LogP contribution in [0, 0.1) is 17.8 Å². The van der Waals surface area contributed by atoms with Gasteiger partial charge in [-0.15, -0.1) is 0 Å². The molecule has 4 amide bonds. The van der Waals surface area contributed by atoms with Gasteiger partial charge in [-0.2, -0.15) is 0 Å². The number of carboxylic acid groups (broad SMARTS) is 1. The van der Waals surface area contributed by atoms with Crippen LogP contribution in [0.2, 0.25) is 0 Å². The van der Waals surface area contributed by atoms with Crippen LogP contribution in [0.1, 0.15) is 48.0 Å². The number of hydrogen-bond donors (Lipinski definition) is 4. The summed E-state index contributed by atoms with van der Waals surface area (Å²) >= 11 is 0. The van der Waals surface area contributed by atoms with E-state index < -0.39 is 36.0 Å². The molecule has 0 spiro atoms. The van der Waals surface area contributed by atoms with Gasteiger partial charge >= 0.3 is 12.0 Å². The van der Waals surface area contributed by atoms with Crippen molar-refractivity contribution in [2.45, 2.75) is 66.1 Å². The molecule has 0 saturated carbocycles. The number of urea groups is 1. The smallest absolute Gasteiger partial charge is 0.326 e. The third kappa shape index (κ3) is 5.77. The molecule has 0 radical (unpaired) electrons. The molecule has 0 bridgehead atoms. The molecular formula is C23H34N4O5. The lowest BCUT2D eigenvalue weighted by Crippen LogP contribution is -2.60. The second kappa shape index (κ2) is 10.5. The first-order valence-corrected chi connectivity index (χ1v) is 11.0. The van der Waals surface area contributed by atoms with Crippen LogP contribution in [0.25, 0.3) is 0 Å². The highest BCUT2D eigenvalue weighted by atomic mass is 16.4. The number of amides is 4. The Morgan fingerprint density at radius 3 is 2.22 bits per heavy atom. The standard InChI is InChI=1S/C23H34N4O5/c1-12(2)11-16(20(28)26-18(13(3)4)22(30)31)25-23(32)27-17-10-8-7-9-15(17)24-21(29)19(27)14(5)6/h7-10,12-14,16,18-19H,11H2,1-6H3,(H,24,29)(H,25,32)(H,26,28)(H,30,31)/t16-,18-,19+/m0/s1. The molecule has 0 unspecified atom stereocenters. The first-order valence-electron chi connectivity index (χ1n) is 11.0. The van der Waals surface area contributed by atoms with Crippen LogP contribution in [0.4, 0.5) is 16.2 Å². The summed E-state index contributed by atoms with van der Waals surface area (Å²) in [6.07, 6.45) is 0.316. The van der Waals surface area contributed by atoms with E-state index in [1.54, 1.807) is 38.1 Å². The van der Waals surface area contributed by atoms with E-state index in [2.05, 4.69) is 16.0 Å². The van der Waals surface area contributed by atoms with Crippen LogP contribution in [0.5, 0.6) is 0 Å². The van der Waals surface area contributed by atoms with Crippen molar-refractivity contribution >= 4 is 35.2 Å². The molecule has 0 aromatic heterocycles. The molecule has 1 aromatic rings. The zero-order chi connectivity index (χ0) is 24.2. The second-order valence-corrected chi connectivity index (χ2v) is 9.27. The maximum atomic E-state index is 13.4. The number of nitrogens with one attached hydrogen (secondary N) is 3. The van der Waals surface area contributed by atoms with Crippen LogP contribution in [-0.4, -0.2) is 47.0 Å². The van der Waals surface area contributed by atoms with Crippen LogP contribution in [0.3, 0.4) is 0 Å². The van der Waals surface area contributed by atoms with Gasteiger partial charge in [0.05, 0.1) is 11.4 Å². The Kier molecular flexibility index (Phi) is 8.24. The number of benzene rings is 1. The van der Waals surface area contributed by atoms with Crippen molar-refractivity contribution in [2.75, 3.05) is 10.2 Å². The zero-order valence-corrected chi connectivity index (χ0v) is 19.5. The van der Waals surface area contributed by atoms with Gasteiger partial charge in [0.25, 0.3) is 0 Å². The fourth-order valence-electron chi connectivity index (χ4n) is 3.79. The number of para-hydroxylation sites is 2.